The first-order valence-electron chi connectivity index (χ1n) is 9.23. The molecule has 2 aromatic rings. The monoisotopic (exact) mass is 435 g/mol. The van der Waals surface area contributed by atoms with E-state index in [4.69, 9.17) is 4.74 Å². The van der Waals surface area contributed by atoms with Gasteiger partial charge in [-0.25, -0.2) is 9.78 Å². The molecule has 10 heteroatoms. The molecule has 1 N–H and O–H groups in total. The average molecular weight is 436 g/mol. The van der Waals surface area contributed by atoms with Crippen LogP contribution >= 0.6 is 23.1 Å². The number of hydrogen-bond acceptors (Lipinski definition) is 8. The van der Waals surface area contributed by atoms with Gasteiger partial charge in [-0.05, 0) is 38.8 Å². The lowest BCUT2D eigenvalue weighted by Crippen LogP contribution is -2.40. The summed E-state index contributed by atoms with van der Waals surface area (Å²) in [5, 5.41) is 16.2. The third kappa shape index (κ3) is 5.54. The van der Waals surface area contributed by atoms with Crippen molar-refractivity contribution in [3.63, 3.8) is 0 Å². The molecular weight excluding hydrogens is 414 g/mol. The standard InChI is InChI=1S/C19H21N3O5S2/c1-11-10-28-19(20-11)29-16-8-7-13(9-15(16)22(25)26)18(24)27-12(2)17(23)21-14-5-3-4-6-14/h7-10,12,14H,3-6H2,1-2H3,(H,21,23). The molecule has 1 aliphatic rings. The molecular formula is C19H21N3O5S2. The highest BCUT2D eigenvalue weighted by atomic mass is 32.2. The number of aromatic nitrogens is 1. The molecule has 1 aliphatic carbocycles. The van der Waals surface area contributed by atoms with Crippen molar-refractivity contribution in [3.8, 4) is 0 Å². The predicted octanol–water partition coefficient (Wildman–Crippen LogP) is 4.12. The van der Waals surface area contributed by atoms with Gasteiger partial charge in [0.25, 0.3) is 11.6 Å². The summed E-state index contributed by atoms with van der Waals surface area (Å²) in [7, 11) is 0. The van der Waals surface area contributed by atoms with E-state index in [9.17, 15) is 19.7 Å². The van der Waals surface area contributed by atoms with Crippen LogP contribution < -0.4 is 5.32 Å². The molecule has 1 fully saturated rings. The largest absolute Gasteiger partial charge is 0.449 e. The molecule has 1 aromatic heterocycles. The second-order valence-corrected chi connectivity index (χ2v) is 8.98. The zero-order valence-electron chi connectivity index (χ0n) is 16.0. The lowest BCUT2D eigenvalue weighted by molar-refractivity contribution is -0.387. The molecule has 29 heavy (non-hydrogen) atoms. The third-order valence-electron chi connectivity index (χ3n) is 4.54. The van der Waals surface area contributed by atoms with E-state index in [1.807, 2.05) is 12.3 Å². The second kappa shape index (κ2) is 9.36. The minimum atomic E-state index is -0.977. The molecule has 1 unspecified atom stereocenters. The zero-order chi connectivity index (χ0) is 21.0. The number of nitrogens with zero attached hydrogens (tertiary/aromatic N) is 2. The van der Waals surface area contributed by atoms with Gasteiger partial charge in [0, 0.05) is 23.2 Å². The SMILES string of the molecule is Cc1csc(Sc2ccc(C(=O)OC(C)C(=O)NC3CCCC3)cc2[N+](=O)[O-])n1. The number of nitro benzene ring substituents is 1. The van der Waals surface area contributed by atoms with Crippen molar-refractivity contribution in [2.24, 2.45) is 0 Å². The Labute approximate surface area is 176 Å². The number of nitro groups is 1. The first kappa shape index (κ1) is 21.3. The number of ether oxygens (including phenoxy) is 1. The van der Waals surface area contributed by atoms with Crippen molar-refractivity contribution in [1.29, 1.82) is 0 Å². The third-order valence-corrected chi connectivity index (χ3v) is 6.66. The van der Waals surface area contributed by atoms with Gasteiger partial charge in [0.05, 0.1) is 15.4 Å². The number of amides is 1. The summed E-state index contributed by atoms with van der Waals surface area (Å²) in [5.74, 6) is -1.13. The Hall–Kier alpha value is -2.46. The van der Waals surface area contributed by atoms with E-state index < -0.39 is 17.0 Å². The number of esters is 1. The smallest absolute Gasteiger partial charge is 0.339 e. The molecule has 0 radical (unpaired) electrons. The van der Waals surface area contributed by atoms with Crippen molar-refractivity contribution < 1.29 is 19.2 Å². The van der Waals surface area contributed by atoms with Gasteiger partial charge >= 0.3 is 5.97 Å². The molecule has 0 saturated heterocycles. The molecule has 1 heterocycles. The maximum atomic E-state index is 12.4. The Morgan fingerprint density at radius 2 is 2.10 bits per heavy atom. The summed E-state index contributed by atoms with van der Waals surface area (Å²) in [5.41, 5.74) is 0.655. The van der Waals surface area contributed by atoms with Crippen molar-refractivity contribution in [3.05, 3.63) is 45.0 Å². The summed E-state index contributed by atoms with van der Waals surface area (Å²) < 4.78 is 5.89. The summed E-state index contributed by atoms with van der Waals surface area (Å²) in [6, 6.07) is 4.25. The van der Waals surface area contributed by atoms with Crippen LogP contribution in [0, 0.1) is 17.0 Å². The van der Waals surface area contributed by atoms with E-state index in [2.05, 4.69) is 10.3 Å². The summed E-state index contributed by atoms with van der Waals surface area (Å²) in [4.78, 5) is 40.2. The Morgan fingerprint density at radius 3 is 2.72 bits per heavy atom. The normalized spacial score (nSPS) is 15.1. The van der Waals surface area contributed by atoms with Gasteiger partial charge in [-0.2, -0.15) is 0 Å². The van der Waals surface area contributed by atoms with Gasteiger partial charge in [-0.15, -0.1) is 11.3 Å². The number of carbonyl (C=O) groups is 2. The van der Waals surface area contributed by atoms with Crippen LogP contribution in [0.1, 0.15) is 48.7 Å². The van der Waals surface area contributed by atoms with E-state index >= 15 is 0 Å². The van der Waals surface area contributed by atoms with Crippen LogP contribution in [-0.2, 0) is 9.53 Å². The number of hydrogen-bond donors (Lipinski definition) is 1. The fourth-order valence-corrected chi connectivity index (χ4v) is 4.90. The van der Waals surface area contributed by atoms with Crippen LogP contribution in [0.5, 0.6) is 0 Å². The topological polar surface area (TPSA) is 111 Å². The minimum absolute atomic E-state index is 0.0249. The van der Waals surface area contributed by atoms with Gasteiger partial charge in [0.1, 0.15) is 0 Å². The zero-order valence-corrected chi connectivity index (χ0v) is 17.7. The predicted molar refractivity (Wildman–Crippen MR) is 109 cm³/mol. The highest BCUT2D eigenvalue weighted by molar-refractivity contribution is 8.01. The molecule has 154 valence electrons. The van der Waals surface area contributed by atoms with Crippen molar-refractivity contribution in [2.75, 3.05) is 0 Å². The van der Waals surface area contributed by atoms with Crippen molar-refractivity contribution in [2.45, 2.75) is 60.9 Å². The highest BCUT2D eigenvalue weighted by Crippen LogP contribution is 2.37. The molecule has 0 aliphatic heterocycles. The Morgan fingerprint density at radius 1 is 1.38 bits per heavy atom. The average Bonchev–Trinajstić information content (AvgIpc) is 3.33. The fraction of sp³-hybridized carbons (Fsp3) is 0.421. The van der Waals surface area contributed by atoms with Crippen LogP contribution in [0.25, 0.3) is 0 Å². The van der Waals surface area contributed by atoms with Crippen molar-refractivity contribution in [1.82, 2.24) is 10.3 Å². The van der Waals surface area contributed by atoms with Gasteiger partial charge in [0.2, 0.25) is 0 Å². The van der Waals surface area contributed by atoms with Gasteiger partial charge in [0.15, 0.2) is 10.4 Å². The van der Waals surface area contributed by atoms with Gasteiger partial charge < -0.3 is 10.1 Å². The molecule has 1 saturated carbocycles. The summed E-state index contributed by atoms with van der Waals surface area (Å²) in [6.45, 7) is 3.34. The van der Waals surface area contributed by atoms with E-state index in [1.54, 1.807) is 0 Å². The first-order chi connectivity index (χ1) is 13.8. The quantitative estimate of drug-likeness (QED) is 0.396. The number of nitrogens with one attached hydrogen (secondary N) is 1. The van der Waals surface area contributed by atoms with Crippen LogP contribution in [0.4, 0.5) is 5.69 Å². The van der Waals surface area contributed by atoms with Gasteiger partial charge in [-0.1, -0.05) is 24.6 Å². The lowest BCUT2D eigenvalue weighted by Gasteiger charge is -2.17. The van der Waals surface area contributed by atoms with Crippen LogP contribution in [0.2, 0.25) is 0 Å². The van der Waals surface area contributed by atoms with E-state index in [-0.39, 0.29) is 23.2 Å². The van der Waals surface area contributed by atoms with E-state index in [0.717, 1.165) is 31.4 Å². The van der Waals surface area contributed by atoms with E-state index in [0.29, 0.717) is 9.24 Å². The summed E-state index contributed by atoms with van der Waals surface area (Å²) >= 11 is 2.56. The maximum absolute atomic E-state index is 12.4. The Balaban J connectivity index is 1.68. The van der Waals surface area contributed by atoms with Crippen LogP contribution in [0.3, 0.4) is 0 Å². The second-order valence-electron chi connectivity index (χ2n) is 6.83. The number of rotatable bonds is 7. The molecule has 1 amide bonds. The number of carbonyl (C=O) groups excluding carboxylic acids is 2. The molecule has 1 atom stereocenters. The molecule has 3 rings (SSSR count). The molecule has 0 bridgehead atoms. The fourth-order valence-electron chi connectivity index (χ4n) is 3.02. The van der Waals surface area contributed by atoms with Crippen LogP contribution in [-0.4, -0.2) is 33.9 Å². The number of benzene rings is 1. The Kier molecular flexibility index (Phi) is 6.86. The number of aryl methyl sites for hydroxylation is 1. The highest BCUT2D eigenvalue weighted by Gasteiger charge is 2.25. The number of thiazole rings is 1. The Bertz CT molecular complexity index is 924. The summed E-state index contributed by atoms with van der Waals surface area (Å²) in [6.07, 6.45) is 3.03. The molecule has 8 nitrogen and oxygen atoms in total. The maximum Gasteiger partial charge on any atom is 0.339 e. The molecule has 0 spiro atoms. The van der Waals surface area contributed by atoms with E-state index in [1.165, 1.54) is 48.2 Å². The van der Waals surface area contributed by atoms with Crippen LogP contribution in [0.15, 0.2) is 32.8 Å². The minimum Gasteiger partial charge on any atom is -0.449 e. The van der Waals surface area contributed by atoms with Gasteiger partial charge in [-0.3, -0.25) is 14.9 Å². The molecule has 1 aromatic carbocycles. The lowest BCUT2D eigenvalue weighted by atomic mass is 10.2. The first-order valence-corrected chi connectivity index (χ1v) is 10.9. The van der Waals surface area contributed by atoms with Crippen molar-refractivity contribution >= 4 is 40.7 Å².